The van der Waals surface area contributed by atoms with Gasteiger partial charge in [-0.15, -0.1) is 0 Å². The highest BCUT2D eigenvalue weighted by atomic mass is 35.5. The number of methoxy groups -OCH3 is 2. The van der Waals surface area contributed by atoms with Gasteiger partial charge in [0, 0.05) is 18.2 Å². The van der Waals surface area contributed by atoms with E-state index in [2.05, 4.69) is 5.32 Å². The zero-order valence-electron chi connectivity index (χ0n) is 8.86. The Labute approximate surface area is 93.1 Å². The number of hydrogen-bond donors (Lipinski definition) is 1. The minimum absolute atomic E-state index is 0.117. The van der Waals surface area contributed by atoms with E-state index in [0.29, 0.717) is 22.9 Å². The Balaban J connectivity index is 3.33. The molecule has 0 heterocycles. The largest absolute Gasteiger partial charge is 0.495 e. The summed E-state index contributed by atoms with van der Waals surface area (Å²) in [6.45, 7) is 0.325. The zero-order valence-corrected chi connectivity index (χ0v) is 9.61. The van der Waals surface area contributed by atoms with E-state index in [1.165, 1.54) is 20.3 Å². The Morgan fingerprint density at radius 1 is 1.40 bits per heavy atom. The summed E-state index contributed by atoms with van der Waals surface area (Å²) in [5, 5.41) is 3.18. The normalized spacial score (nSPS) is 10.2. The van der Waals surface area contributed by atoms with E-state index in [1.54, 1.807) is 7.05 Å². The molecule has 0 amide bonds. The molecule has 0 aliphatic rings. The van der Waals surface area contributed by atoms with Gasteiger partial charge in [-0.1, -0.05) is 11.6 Å². The fraction of sp³-hybridized carbons (Fsp3) is 0.400. The smallest absolute Gasteiger partial charge is 0.173 e. The van der Waals surface area contributed by atoms with Crippen molar-refractivity contribution in [2.75, 3.05) is 21.3 Å². The van der Waals surface area contributed by atoms with Gasteiger partial charge in [0.25, 0.3) is 0 Å². The number of nitrogens with one attached hydrogen (secondary N) is 1. The van der Waals surface area contributed by atoms with Crippen LogP contribution in [0.1, 0.15) is 5.56 Å². The molecule has 0 atom stereocenters. The van der Waals surface area contributed by atoms with Crippen molar-refractivity contribution in [1.29, 1.82) is 0 Å². The van der Waals surface area contributed by atoms with E-state index in [-0.39, 0.29) is 5.75 Å². The van der Waals surface area contributed by atoms with Crippen LogP contribution in [0.2, 0.25) is 5.02 Å². The number of hydrogen-bond acceptors (Lipinski definition) is 3. The molecule has 0 bridgehead atoms. The van der Waals surface area contributed by atoms with Crippen molar-refractivity contribution in [1.82, 2.24) is 5.32 Å². The molecule has 0 fully saturated rings. The summed E-state index contributed by atoms with van der Waals surface area (Å²) >= 11 is 5.92. The number of halogens is 2. The van der Waals surface area contributed by atoms with Crippen molar-refractivity contribution < 1.29 is 13.9 Å². The molecule has 3 nitrogen and oxygen atoms in total. The Kier molecular flexibility index (Phi) is 4.17. The lowest BCUT2D eigenvalue weighted by atomic mass is 10.1. The van der Waals surface area contributed by atoms with Gasteiger partial charge in [-0.3, -0.25) is 0 Å². The Morgan fingerprint density at radius 2 is 2.07 bits per heavy atom. The van der Waals surface area contributed by atoms with E-state index in [4.69, 9.17) is 21.1 Å². The van der Waals surface area contributed by atoms with Gasteiger partial charge in [0.05, 0.1) is 19.2 Å². The second-order valence-electron chi connectivity index (χ2n) is 2.92. The Hall–Kier alpha value is -1.00. The number of ether oxygens (including phenoxy) is 2. The second kappa shape index (κ2) is 5.19. The molecule has 5 heteroatoms. The average Bonchev–Trinajstić information content (AvgIpc) is 2.23. The van der Waals surface area contributed by atoms with E-state index >= 15 is 0 Å². The summed E-state index contributed by atoms with van der Waals surface area (Å²) in [7, 11) is 4.56. The van der Waals surface area contributed by atoms with Gasteiger partial charge in [-0.25, -0.2) is 4.39 Å². The van der Waals surface area contributed by atoms with Gasteiger partial charge < -0.3 is 14.8 Å². The highest BCUT2D eigenvalue weighted by molar-refractivity contribution is 6.32. The first kappa shape index (κ1) is 12.1. The SMILES string of the molecule is CNCc1c(F)c(OC)cc(Cl)c1OC. The summed E-state index contributed by atoms with van der Waals surface area (Å²) in [4.78, 5) is 0. The summed E-state index contributed by atoms with van der Waals surface area (Å²) < 4.78 is 23.7. The topological polar surface area (TPSA) is 30.5 Å². The lowest BCUT2D eigenvalue weighted by Gasteiger charge is -2.13. The molecule has 1 aromatic carbocycles. The molecular weight excluding hydrogens is 221 g/mol. The number of rotatable bonds is 4. The lowest BCUT2D eigenvalue weighted by molar-refractivity contribution is 0.370. The van der Waals surface area contributed by atoms with Crippen molar-refractivity contribution in [2.45, 2.75) is 6.54 Å². The van der Waals surface area contributed by atoms with Gasteiger partial charge in [-0.2, -0.15) is 0 Å². The fourth-order valence-corrected chi connectivity index (χ4v) is 1.63. The molecule has 0 unspecified atom stereocenters. The fourth-order valence-electron chi connectivity index (χ4n) is 1.34. The van der Waals surface area contributed by atoms with Crippen LogP contribution in [-0.4, -0.2) is 21.3 Å². The van der Waals surface area contributed by atoms with Crippen molar-refractivity contribution >= 4 is 11.6 Å². The zero-order chi connectivity index (χ0) is 11.4. The molecule has 0 aliphatic carbocycles. The Morgan fingerprint density at radius 3 is 2.53 bits per heavy atom. The maximum Gasteiger partial charge on any atom is 0.173 e. The maximum absolute atomic E-state index is 13.8. The van der Waals surface area contributed by atoms with Crippen molar-refractivity contribution in [3.05, 3.63) is 22.5 Å². The predicted octanol–water partition coefficient (Wildman–Crippen LogP) is 2.22. The highest BCUT2D eigenvalue weighted by Crippen LogP contribution is 2.36. The van der Waals surface area contributed by atoms with Gasteiger partial charge >= 0.3 is 0 Å². The third kappa shape index (κ3) is 2.33. The lowest BCUT2D eigenvalue weighted by Crippen LogP contribution is -2.10. The summed E-state index contributed by atoms with van der Waals surface area (Å²) in [6.07, 6.45) is 0. The predicted molar refractivity (Wildman–Crippen MR) is 57.3 cm³/mol. The molecule has 0 aromatic heterocycles. The average molecular weight is 234 g/mol. The van der Waals surface area contributed by atoms with Crippen LogP contribution in [0.3, 0.4) is 0 Å². The third-order valence-corrected chi connectivity index (χ3v) is 2.29. The van der Waals surface area contributed by atoms with Crippen molar-refractivity contribution in [2.24, 2.45) is 0 Å². The van der Waals surface area contributed by atoms with Crippen LogP contribution in [0.15, 0.2) is 6.07 Å². The minimum Gasteiger partial charge on any atom is -0.495 e. The van der Waals surface area contributed by atoms with Crippen LogP contribution in [-0.2, 0) is 6.54 Å². The Bertz CT molecular complexity index is 358. The van der Waals surface area contributed by atoms with Crippen LogP contribution in [0.5, 0.6) is 11.5 Å². The second-order valence-corrected chi connectivity index (χ2v) is 3.32. The molecule has 1 aromatic rings. The molecule has 0 aliphatic heterocycles. The summed E-state index contributed by atoms with van der Waals surface area (Å²) in [6, 6.07) is 1.40. The summed E-state index contributed by atoms with van der Waals surface area (Å²) in [5.74, 6) is 0.00321. The van der Waals surface area contributed by atoms with Crippen molar-refractivity contribution in [3.63, 3.8) is 0 Å². The molecular formula is C10H13ClFNO2. The molecule has 15 heavy (non-hydrogen) atoms. The van der Waals surface area contributed by atoms with Gasteiger partial charge in [0.1, 0.15) is 5.75 Å². The highest BCUT2D eigenvalue weighted by Gasteiger charge is 2.17. The molecule has 0 saturated carbocycles. The van der Waals surface area contributed by atoms with E-state index in [0.717, 1.165) is 0 Å². The van der Waals surface area contributed by atoms with E-state index in [1.807, 2.05) is 0 Å². The number of benzene rings is 1. The molecule has 1 N–H and O–H groups in total. The third-order valence-electron chi connectivity index (χ3n) is 2.01. The van der Waals surface area contributed by atoms with Gasteiger partial charge in [-0.05, 0) is 7.05 Å². The monoisotopic (exact) mass is 233 g/mol. The van der Waals surface area contributed by atoms with Crippen LogP contribution >= 0.6 is 11.6 Å². The van der Waals surface area contributed by atoms with Crippen LogP contribution in [0.25, 0.3) is 0 Å². The van der Waals surface area contributed by atoms with Gasteiger partial charge in [0.2, 0.25) is 0 Å². The molecule has 0 saturated heterocycles. The van der Waals surface area contributed by atoms with Crippen LogP contribution in [0.4, 0.5) is 4.39 Å². The molecule has 0 spiro atoms. The molecule has 1 rings (SSSR count). The maximum atomic E-state index is 13.8. The van der Waals surface area contributed by atoms with Crippen molar-refractivity contribution in [3.8, 4) is 11.5 Å². The van der Waals surface area contributed by atoms with Crippen LogP contribution < -0.4 is 14.8 Å². The first-order valence-electron chi connectivity index (χ1n) is 4.39. The quantitative estimate of drug-likeness (QED) is 0.865. The van der Waals surface area contributed by atoms with Gasteiger partial charge in [0.15, 0.2) is 11.6 Å². The minimum atomic E-state index is -0.451. The van der Waals surface area contributed by atoms with E-state index < -0.39 is 5.82 Å². The van der Waals surface area contributed by atoms with Crippen LogP contribution in [0, 0.1) is 5.82 Å². The van der Waals surface area contributed by atoms with E-state index in [9.17, 15) is 4.39 Å². The standard InChI is InChI=1S/C10H13ClFNO2/c1-13-5-6-9(12)8(14-2)4-7(11)10(6)15-3/h4,13H,5H2,1-3H3. The molecule has 84 valence electrons. The first-order valence-corrected chi connectivity index (χ1v) is 4.77. The first-order chi connectivity index (χ1) is 7.15. The summed E-state index contributed by atoms with van der Waals surface area (Å²) in [5.41, 5.74) is 0.365. The molecule has 0 radical (unpaired) electrons.